The van der Waals surface area contributed by atoms with Gasteiger partial charge < -0.3 is 14.6 Å². The zero-order chi connectivity index (χ0) is 12.8. The van der Waals surface area contributed by atoms with Crippen LogP contribution in [0.15, 0.2) is 0 Å². The van der Waals surface area contributed by atoms with Gasteiger partial charge in [-0.3, -0.25) is 4.90 Å². The van der Waals surface area contributed by atoms with E-state index in [-0.39, 0.29) is 12.0 Å². The summed E-state index contributed by atoms with van der Waals surface area (Å²) in [6.45, 7) is 5.31. The number of ether oxygens (including phenoxy) is 1. The third kappa shape index (κ3) is 2.23. The highest BCUT2D eigenvalue weighted by Gasteiger charge is 2.49. The van der Waals surface area contributed by atoms with Crippen LogP contribution >= 0.6 is 0 Å². The van der Waals surface area contributed by atoms with E-state index in [9.17, 15) is 14.7 Å². The molecule has 0 unspecified atom stereocenters. The second-order valence-corrected chi connectivity index (χ2v) is 5.88. The standard InChI is InChI=1S/C12H19NO4/c1-12(2,3)17-11(16)13-8-5-4-7(6-8)9(13)10(14)15/h7-9H,4-6H2,1-3H3,(H,14,15)/p-1/t7-,8+,9-/m1/s1. The minimum absolute atomic E-state index is 0.0118. The van der Waals surface area contributed by atoms with Crippen LogP contribution < -0.4 is 5.11 Å². The molecule has 17 heavy (non-hydrogen) atoms. The minimum atomic E-state index is -1.16. The summed E-state index contributed by atoms with van der Waals surface area (Å²) in [5, 5.41) is 11.1. The first kappa shape index (κ1) is 12.2. The molecule has 0 spiro atoms. The third-order valence-corrected chi connectivity index (χ3v) is 3.43. The summed E-state index contributed by atoms with van der Waals surface area (Å²) in [5.74, 6) is -1.12. The summed E-state index contributed by atoms with van der Waals surface area (Å²) in [5.41, 5.74) is -0.602. The van der Waals surface area contributed by atoms with E-state index in [2.05, 4.69) is 0 Å². The SMILES string of the molecule is CC(C)(C)OC(=O)N1[C@H]2CC[C@H](C2)[C@@H]1C(=O)[O-]. The number of carboxylic acids is 1. The number of fused-ring (bicyclic) bond motifs is 2. The van der Waals surface area contributed by atoms with Gasteiger partial charge in [-0.25, -0.2) is 4.79 Å². The van der Waals surface area contributed by atoms with Crippen molar-refractivity contribution in [1.29, 1.82) is 0 Å². The number of carboxylic acid groups (broad SMARTS) is 1. The molecule has 2 aliphatic rings. The Labute approximate surface area is 101 Å². The first-order chi connectivity index (χ1) is 7.79. The molecule has 1 aliphatic carbocycles. The fourth-order valence-corrected chi connectivity index (χ4v) is 2.87. The molecule has 1 saturated heterocycles. The average Bonchev–Trinajstić information content (AvgIpc) is 2.72. The van der Waals surface area contributed by atoms with E-state index in [1.807, 2.05) is 0 Å². The van der Waals surface area contributed by atoms with Crippen LogP contribution in [0, 0.1) is 5.92 Å². The van der Waals surface area contributed by atoms with Crippen molar-refractivity contribution in [3.63, 3.8) is 0 Å². The Morgan fingerprint density at radius 3 is 2.47 bits per heavy atom. The molecule has 2 bridgehead atoms. The predicted octanol–water partition coefficient (Wildman–Crippen LogP) is 0.524. The molecule has 96 valence electrons. The lowest BCUT2D eigenvalue weighted by Gasteiger charge is -2.36. The molecule has 1 amide bonds. The van der Waals surface area contributed by atoms with E-state index in [1.165, 1.54) is 4.90 Å². The monoisotopic (exact) mass is 240 g/mol. The number of aliphatic carboxylic acids is 1. The van der Waals surface area contributed by atoms with Crippen molar-refractivity contribution in [2.45, 2.75) is 57.7 Å². The van der Waals surface area contributed by atoms with E-state index in [0.717, 1.165) is 19.3 Å². The molecule has 0 aromatic rings. The maximum Gasteiger partial charge on any atom is 0.411 e. The fourth-order valence-electron chi connectivity index (χ4n) is 2.87. The molecule has 0 aromatic carbocycles. The number of hydrogen-bond donors (Lipinski definition) is 0. The number of amides is 1. The number of piperidine rings is 1. The van der Waals surface area contributed by atoms with E-state index in [1.54, 1.807) is 20.8 Å². The van der Waals surface area contributed by atoms with Crippen molar-refractivity contribution >= 4 is 12.1 Å². The summed E-state index contributed by atoms with van der Waals surface area (Å²) >= 11 is 0. The summed E-state index contributed by atoms with van der Waals surface area (Å²) in [4.78, 5) is 24.5. The maximum absolute atomic E-state index is 12.0. The van der Waals surface area contributed by atoms with Crippen LogP contribution in [0.4, 0.5) is 4.79 Å². The predicted molar refractivity (Wildman–Crippen MR) is 58.0 cm³/mol. The molecule has 0 radical (unpaired) electrons. The van der Waals surface area contributed by atoms with Gasteiger partial charge >= 0.3 is 6.09 Å². The van der Waals surface area contributed by atoms with Gasteiger partial charge in [0.1, 0.15) is 5.60 Å². The molecule has 2 fully saturated rings. The van der Waals surface area contributed by atoms with Crippen LogP contribution in [0.1, 0.15) is 40.0 Å². The lowest BCUT2D eigenvalue weighted by Crippen LogP contribution is -2.54. The lowest BCUT2D eigenvalue weighted by molar-refractivity contribution is -0.312. The summed E-state index contributed by atoms with van der Waals surface area (Å²) < 4.78 is 5.25. The molecule has 1 saturated carbocycles. The van der Waals surface area contributed by atoms with Crippen molar-refractivity contribution in [1.82, 2.24) is 4.90 Å². The molecule has 0 N–H and O–H groups in total. The maximum atomic E-state index is 12.0. The van der Waals surface area contributed by atoms with Crippen LogP contribution in [0.3, 0.4) is 0 Å². The average molecular weight is 240 g/mol. The molecule has 3 atom stereocenters. The molecule has 5 nitrogen and oxygen atoms in total. The van der Waals surface area contributed by atoms with Crippen LogP contribution in [-0.2, 0) is 9.53 Å². The first-order valence-electron chi connectivity index (χ1n) is 6.02. The summed E-state index contributed by atoms with van der Waals surface area (Å²) in [7, 11) is 0. The zero-order valence-electron chi connectivity index (χ0n) is 10.4. The van der Waals surface area contributed by atoms with Gasteiger partial charge in [-0.2, -0.15) is 0 Å². The van der Waals surface area contributed by atoms with E-state index >= 15 is 0 Å². The number of rotatable bonds is 1. The smallest absolute Gasteiger partial charge is 0.411 e. The Kier molecular flexibility index (Phi) is 2.79. The molecule has 5 heteroatoms. The van der Waals surface area contributed by atoms with Crippen molar-refractivity contribution in [3.8, 4) is 0 Å². The van der Waals surface area contributed by atoms with Crippen LogP contribution in [0.25, 0.3) is 0 Å². The largest absolute Gasteiger partial charge is 0.548 e. The Morgan fingerprint density at radius 1 is 1.29 bits per heavy atom. The molecular weight excluding hydrogens is 222 g/mol. The second kappa shape index (κ2) is 3.89. The van der Waals surface area contributed by atoms with Crippen molar-refractivity contribution in [3.05, 3.63) is 0 Å². The van der Waals surface area contributed by atoms with Gasteiger partial charge in [-0.15, -0.1) is 0 Å². The lowest BCUT2D eigenvalue weighted by atomic mass is 9.99. The third-order valence-electron chi connectivity index (χ3n) is 3.43. The van der Waals surface area contributed by atoms with E-state index in [0.29, 0.717) is 0 Å². The number of carbonyl (C=O) groups is 2. The summed E-state index contributed by atoms with van der Waals surface area (Å²) in [6.07, 6.45) is 1.97. The highest BCUT2D eigenvalue weighted by molar-refractivity contribution is 5.80. The van der Waals surface area contributed by atoms with Gasteiger partial charge in [0.15, 0.2) is 0 Å². The van der Waals surface area contributed by atoms with Crippen molar-refractivity contribution < 1.29 is 19.4 Å². The normalized spacial score (nSPS) is 31.7. The molecular formula is C12H18NO4-. The Hall–Kier alpha value is -1.26. The zero-order valence-corrected chi connectivity index (χ0v) is 10.4. The number of nitrogens with zero attached hydrogens (tertiary/aromatic N) is 1. The fraction of sp³-hybridized carbons (Fsp3) is 0.833. The summed E-state index contributed by atoms with van der Waals surface area (Å²) in [6, 6.07) is -0.790. The molecule has 1 heterocycles. The minimum Gasteiger partial charge on any atom is -0.548 e. The number of hydrogen-bond acceptors (Lipinski definition) is 4. The number of carbonyl (C=O) groups excluding carboxylic acids is 2. The Bertz CT molecular complexity index is 347. The van der Waals surface area contributed by atoms with Gasteiger partial charge in [0.2, 0.25) is 0 Å². The van der Waals surface area contributed by atoms with Gasteiger partial charge in [-0.1, -0.05) is 0 Å². The highest BCUT2D eigenvalue weighted by Crippen LogP contribution is 2.42. The Morgan fingerprint density at radius 2 is 1.94 bits per heavy atom. The second-order valence-electron chi connectivity index (χ2n) is 5.88. The van der Waals surface area contributed by atoms with Gasteiger partial charge in [0, 0.05) is 6.04 Å². The van der Waals surface area contributed by atoms with Crippen LogP contribution in [-0.4, -0.2) is 34.6 Å². The topological polar surface area (TPSA) is 69.7 Å². The van der Waals surface area contributed by atoms with Gasteiger partial charge in [-0.05, 0) is 46.0 Å². The van der Waals surface area contributed by atoms with Gasteiger partial charge in [0.05, 0.1) is 12.0 Å². The molecule has 1 aliphatic heterocycles. The quantitative estimate of drug-likeness (QED) is 0.670. The molecule has 2 rings (SSSR count). The van der Waals surface area contributed by atoms with E-state index in [4.69, 9.17) is 4.74 Å². The van der Waals surface area contributed by atoms with Crippen LogP contribution in [0.2, 0.25) is 0 Å². The van der Waals surface area contributed by atoms with Crippen molar-refractivity contribution in [2.75, 3.05) is 0 Å². The van der Waals surface area contributed by atoms with Crippen LogP contribution in [0.5, 0.6) is 0 Å². The van der Waals surface area contributed by atoms with Crippen molar-refractivity contribution in [2.24, 2.45) is 5.92 Å². The Balaban J connectivity index is 2.14. The van der Waals surface area contributed by atoms with E-state index < -0.39 is 23.7 Å². The highest BCUT2D eigenvalue weighted by atomic mass is 16.6. The first-order valence-corrected chi connectivity index (χ1v) is 6.02. The molecule has 0 aromatic heterocycles. The van der Waals surface area contributed by atoms with Gasteiger partial charge in [0.25, 0.3) is 0 Å². The number of likely N-dealkylation sites (tertiary alicyclic amines) is 1.